The van der Waals surface area contributed by atoms with Gasteiger partial charge in [-0.05, 0) is 56.3 Å². The molecule has 0 aromatic carbocycles. The number of aromatic nitrogens is 7. The molecule has 10 heteroatoms. The molecule has 0 amide bonds. The summed E-state index contributed by atoms with van der Waals surface area (Å²) in [5.74, 6) is 1.37. The lowest BCUT2D eigenvalue weighted by molar-refractivity contribution is 0.162. The van der Waals surface area contributed by atoms with Gasteiger partial charge in [0.2, 0.25) is 0 Å². The number of hydrogen-bond donors (Lipinski definition) is 3. The molecule has 7 rings (SSSR count). The zero-order valence-corrected chi connectivity index (χ0v) is 19.2. The number of piperidine rings is 1. The van der Waals surface area contributed by atoms with Gasteiger partial charge in [-0.1, -0.05) is 0 Å². The molecule has 0 bridgehead atoms. The largest absolute Gasteiger partial charge is 0.489 e. The van der Waals surface area contributed by atoms with Gasteiger partial charge in [-0.25, -0.2) is 9.97 Å². The summed E-state index contributed by atoms with van der Waals surface area (Å²) in [7, 11) is 0. The van der Waals surface area contributed by atoms with Crippen LogP contribution < -0.4 is 10.1 Å². The van der Waals surface area contributed by atoms with Gasteiger partial charge in [0, 0.05) is 23.5 Å². The van der Waals surface area contributed by atoms with E-state index >= 15 is 0 Å². The Bertz CT molecular complexity index is 1660. The summed E-state index contributed by atoms with van der Waals surface area (Å²) < 4.78 is 11.4. The maximum atomic E-state index is 6.18. The van der Waals surface area contributed by atoms with E-state index < -0.39 is 0 Å². The van der Waals surface area contributed by atoms with Crippen LogP contribution in [0, 0.1) is 0 Å². The molecule has 0 aliphatic carbocycles. The van der Waals surface area contributed by atoms with E-state index in [1.54, 1.807) is 31.1 Å². The van der Waals surface area contributed by atoms with Gasteiger partial charge in [-0.2, -0.15) is 5.10 Å². The molecule has 1 fully saturated rings. The Morgan fingerprint density at radius 2 is 1.83 bits per heavy atom. The van der Waals surface area contributed by atoms with E-state index in [2.05, 4.69) is 30.5 Å². The summed E-state index contributed by atoms with van der Waals surface area (Å²) in [4.78, 5) is 22.0. The predicted octanol–water partition coefficient (Wildman–Crippen LogP) is 4.35. The average molecular weight is 479 g/mol. The Hall–Kier alpha value is -4.57. The van der Waals surface area contributed by atoms with E-state index in [0.29, 0.717) is 17.0 Å². The van der Waals surface area contributed by atoms with Crippen molar-refractivity contribution in [2.75, 3.05) is 13.1 Å². The number of imidazole rings is 1. The van der Waals surface area contributed by atoms with Crippen molar-refractivity contribution in [3.05, 3.63) is 61.4 Å². The number of ether oxygens (including phenoxy) is 1. The second kappa shape index (κ2) is 8.58. The molecule has 178 valence electrons. The van der Waals surface area contributed by atoms with Crippen molar-refractivity contribution in [1.29, 1.82) is 0 Å². The predicted molar refractivity (Wildman–Crippen MR) is 134 cm³/mol. The molecule has 0 spiro atoms. The monoisotopic (exact) mass is 478 g/mol. The number of nitrogens with zero attached hydrogens (tertiary/aromatic N) is 5. The van der Waals surface area contributed by atoms with Gasteiger partial charge in [0.15, 0.2) is 11.5 Å². The quantitative estimate of drug-likeness (QED) is 0.333. The summed E-state index contributed by atoms with van der Waals surface area (Å²) in [6, 6.07) is 9.67. The van der Waals surface area contributed by atoms with Crippen molar-refractivity contribution in [1.82, 2.24) is 40.4 Å². The molecule has 1 aliphatic heterocycles. The fraction of sp³-hybridized carbons (Fsp3) is 0.192. The van der Waals surface area contributed by atoms with E-state index in [1.165, 1.54) is 0 Å². The third-order valence-corrected chi connectivity index (χ3v) is 6.43. The van der Waals surface area contributed by atoms with Crippen molar-refractivity contribution in [3.63, 3.8) is 0 Å². The first-order valence-electron chi connectivity index (χ1n) is 11.9. The van der Waals surface area contributed by atoms with Crippen LogP contribution in [0.4, 0.5) is 0 Å². The zero-order chi connectivity index (χ0) is 23.9. The highest BCUT2D eigenvalue weighted by Gasteiger charge is 2.18. The summed E-state index contributed by atoms with van der Waals surface area (Å²) in [5.41, 5.74) is 7.04. The van der Waals surface area contributed by atoms with Crippen LogP contribution in [0.5, 0.6) is 5.75 Å². The highest BCUT2D eigenvalue weighted by molar-refractivity contribution is 5.94. The van der Waals surface area contributed by atoms with Crippen molar-refractivity contribution in [2.45, 2.75) is 18.9 Å². The van der Waals surface area contributed by atoms with Crippen LogP contribution in [0.25, 0.3) is 56.1 Å². The van der Waals surface area contributed by atoms with E-state index in [9.17, 15) is 0 Å². The summed E-state index contributed by atoms with van der Waals surface area (Å²) >= 11 is 0. The standard InChI is InChI=1S/C26H22N8O2/c1-2-21-24(30-19(1)16-11-18(13-28-12-16)36-17-3-7-27-8-4-17)25(34-33-21)26-31-20-5-9-29-22(23(20)32-26)15-6-10-35-14-15/h1-2,5-6,9-14,17,27H,3-4,7-8H2,(H,31,32)(H,33,34). The van der Waals surface area contributed by atoms with Crippen LogP contribution in [-0.4, -0.2) is 54.3 Å². The molecule has 3 N–H and O–H groups in total. The molecule has 10 nitrogen and oxygen atoms in total. The minimum Gasteiger partial charge on any atom is -0.489 e. The van der Waals surface area contributed by atoms with E-state index in [0.717, 1.165) is 70.7 Å². The molecule has 1 aliphatic rings. The van der Waals surface area contributed by atoms with Crippen LogP contribution >= 0.6 is 0 Å². The third kappa shape index (κ3) is 3.68. The van der Waals surface area contributed by atoms with Crippen molar-refractivity contribution in [3.8, 4) is 39.8 Å². The Balaban J connectivity index is 1.26. The zero-order valence-electron chi connectivity index (χ0n) is 19.2. The van der Waals surface area contributed by atoms with E-state index in [1.807, 2.05) is 30.3 Å². The molecule has 0 radical (unpaired) electrons. The molecule has 0 unspecified atom stereocenters. The Morgan fingerprint density at radius 1 is 0.917 bits per heavy atom. The number of nitrogens with one attached hydrogen (secondary N) is 3. The normalized spacial score (nSPS) is 14.6. The maximum absolute atomic E-state index is 6.18. The van der Waals surface area contributed by atoms with Crippen molar-refractivity contribution >= 4 is 22.1 Å². The van der Waals surface area contributed by atoms with Gasteiger partial charge >= 0.3 is 0 Å². The van der Waals surface area contributed by atoms with E-state index in [-0.39, 0.29) is 6.10 Å². The van der Waals surface area contributed by atoms with Gasteiger partial charge in [0.25, 0.3) is 0 Å². The lowest BCUT2D eigenvalue weighted by atomic mass is 10.1. The van der Waals surface area contributed by atoms with Crippen LogP contribution in [-0.2, 0) is 0 Å². The average Bonchev–Trinajstić information content (AvgIpc) is 3.68. The molecule has 0 saturated carbocycles. The number of aromatic amines is 2. The molecule has 6 aromatic rings. The second-order valence-corrected chi connectivity index (χ2v) is 8.79. The molecule has 1 saturated heterocycles. The lowest BCUT2D eigenvalue weighted by Gasteiger charge is -2.23. The highest BCUT2D eigenvalue weighted by atomic mass is 16.5. The minimum absolute atomic E-state index is 0.203. The van der Waals surface area contributed by atoms with Gasteiger partial charge in [-0.15, -0.1) is 0 Å². The van der Waals surface area contributed by atoms with E-state index in [4.69, 9.17) is 19.1 Å². The van der Waals surface area contributed by atoms with Crippen molar-refractivity contribution < 1.29 is 9.15 Å². The SMILES string of the molecule is c1cc2[nH]c(-c3n[nH]c4ccc(-c5cncc(OC6CCNCC6)c5)nc34)nc2c(-c2ccoc2)n1. The summed E-state index contributed by atoms with van der Waals surface area (Å²) in [6.45, 7) is 1.95. The fourth-order valence-electron chi connectivity index (χ4n) is 4.61. The first-order valence-corrected chi connectivity index (χ1v) is 11.9. The molecule has 6 aromatic heterocycles. The summed E-state index contributed by atoms with van der Waals surface area (Å²) in [6.07, 6.45) is 10.8. The minimum atomic E-state index is 0.203. The third-order valence-electron chi connectivity index (χ3n) is 6.43. The molecule has 7 heterocycles. The van der Waals surface area contributed by atoms with Gasteiger partial charge in [0.1, 0.15) is 28.6 Å². The smallest absolute Gasteiger partial charge is 0.161 e. The molecule has 36 heavy (non-hydrogen) atoms. The Labute approximate surface area is 205 Å². The van der Waals surface area contributed by atoms with Gasteiger partial charge in [0.05, 0.1) is 35.5 Å². The Morgan fingerprint density at radius 3 is 2.72 bits per heavy atom. The van der Waals surface area contributed by atoms with Gasteiger partial charge < -0.3 is 19.5 Å². The first kappa shape index (κ1) is 20.8. The number of H-pyrrole nitrogens is 2. The number of rotatable bonds is 5. The number of fused-ring (bicyclic) bond motifs is 2. The lowest BCUT2D eigenvalue weighted by Crippen LogP contribution is -2.34. The first-order chi connectivity index (χ1) is 17.8. The summed E-state index contributed by atoms with van der Waals surface area (Å²) in [5, 5.41) is 10.9. The number of hydrogen-bond acceptors (Lipinski definition) is 8. The van der Waals surface area contributed by atoms with Crippen LogP contribution in [0.15, 0.2) is 65.9 Å². The van der Waals surface area contributed by atoms with Crippen molar-refractivity contribution in [2.24, 2.45) is 0 Å². The second-order valence-electron chi connectivity index (χ2n) is 8.79. The fourth-order valence-corrected chi connectivity index (χ4v) is 4.61. The van der Waals surface area contributed by atoms with Crippen LogP contribution in [0.1, 0.15) is 12.8 Å². The maximum Gasteiger partial charge on any atom is 0.161 e. The topological polar surface area (TPSA) is 130 Å². The van der Waals surface area contributed by atoms with Crippen LogP contribution in [0.3, 0.4) is 0 Å². The Kier molecular flexibility index (Phi) is 4.95. The van der Waals surface area contributed by atoms with Crippen LogP contribution in [0.2, 0.25) is 0 Å². The highest BCUT2D eigenvalue weighted by Crippen LogP contribution is 2.31. The molecular weight excluding hydrogens is 456 g/mol. The van der Waals surface area contributed by atoms with Gasteiger partial charge in [-0.3, -0.25) is 15.1 Å². The number of pyridine rings is 3. The molecular formula is C26H22N8O2. The number of furan rings is 1. The molecule has 0 atom stereocenters.